The maximum Gasteiger partial charge on any atom is 0.341 e. The van der Waals surface area contributed by atoms with Crippen molar-refractivity contribution in [2.24, 2.45) is 5.41 Å². The normalized spacial score (nSPS) is 13.5. The molecule has 24 heavy (non-hydrogen) atoms. The summed E-state index contributed by atoms with van der Waals surface area (Å²) < 4.78 is 26.8. The van der Waals surface area contributed by atoms with Crippen molar-refractivity contribution in [1.29, 1.82) is 0 Å². The van der Waals surface area contributed by atoms with E-state index in [1.165, 1.54) is 22.6 Å². The van der Waals surface area contributed by atoms with Crippen LogP contribution in [0.25, 0.3) is 0 Å². The Hall–Kier alpha value is -1.62. The van der Waals surface area contributed by atoms with Crippen molar-refractivity contribution in [3.63, 3.8) is 0 Å². The molecule has 0 aliphatic heterocycles. The number of nitrogens with zero attached hydrogens (tertiary/aromatic N) is 1. The zero-order valence-electron chi connectivity index (χ0n) is 13.2. The Labute approximate surface area is 151 Å². The second-order valence-electron chi connectivity index (χ2n) is 6.06. The molecule has 0 amide bonds. The number of aliphatic carboxylic acids is 1. The molecule has 0 spiro atoms. The lowest BCUT2D eigenvalue weighted by Gasteiger charge is -2.29. The molecule has 0 fully saturated rings. The minimum absolute atomic E-state index is 0.113. The number of carboxylic acid groups (broad SMARTS) is 1. The Bertz CT molecular complexity index is 687. The van der Waals surface area contributed by atoms with Gasteiger partial charge in [0.2, 0.25) is 17.7 Å². The molecule has 1 atom stereocenters. The molecular weight excluding hydrogens is 437 g/mol. The van der Waals surface area contributed by atoms with Crippen LogP contribution in [0.5, 0.6) is 0 Å². The van der Waals surface area contributed by atoms with Crippen molar-refractivity contribution in [2.45, 2.75) is 26.8 Å². The molecule has 9 heteroatoms. The molecule has 0 radical (unpaired) electrons. The van der Waals surface area contributed by atoms with Crippen molar-refractivity contribution >= 4 is 34.3 Å². The number of nitrogens with one attached hydrogen (secondary N) is 1. The number of ketones is 1. The van der Waals surface area contributed by atoms with Gasteiger partial charge in [0, 0.05) is 6.20 Å². The molecule has 0 aromatic carbocycles. The maximum atomic E-state index is 13.7. The number of aliphatic hydroxyl groups excluding tert-OH is 1. The fraction of sp³-hybridized carbons (Fsp3) is 0.400. The van der Waals surface area contributed by atoms with Crippen LogP contribution in [0.3, 0.4) is 0 Å². The van der Waals surface area contributed by atoms with Gasteiger partial charge in [-0.25, -0.2) is 4.79 Å². The first-order valence-electron chi connectivity index (χ1n) is 6.85. The van der Waals surface area contributed by atoms with Gasteiger partial charge >= 0.3 is 5.97 Å². The summed E-state index contributed by atoms with van der Waals surface area (Å²) in [5.74, 6) is -5.21. The van der Waals surface area contributed by atoms with Crippen LogP contribution in [0.15, 0.2) is 17.8 Å². The molecule has 6 nitrogen and oxygen atoms in total. The van der Waals surface area contributed by atoms with E-state index in [1.807, 2.05) is 20.8 Å². The van der Waals surface area contributed by atoms with E-state index in [4.69, 9.17) is 0 Å². The lowest BCUT2D eigenvalue weighted by Crippen LogP contribution is -2.41. The van der Waals surface area contributed by atoms with Gasteiger partial charge < -0.3 is 15.5 Å². The zero-order valence-corrected chi connectivity index (χ0v) is 15.4. The Balaban J connectivity index is 3.21. The number of halogens is 3. The Morgan fingerprint density at radius 2 is 1.96 bits per heavy atom. The highest BCUT2D eigenvalue weighted by molar-refractivity contribution is 14.1. The number of carboxylic acids is 1. The monoisotopic (exact) mass is 454 g/mol. The van der Waals surface area contributed by atoms with E-state index < -0.39 is 46.2 Å². The third-order valence-electron chi connectivity index (χ3n) is 3.26. The lowest BCUT2D eigenvalue weighted by molar-refractivity contribution is -0.132. The second-order valence-corrected chi connectivity index (χ2v) is 7.22. The largest absolute Gasteiger partial charge is 0.477 e. The Kier molecular flexibility index (Phi) is 6.78. The SMILES string of the molecule is CC(C)(C)C(CO)NC=C(C(=O)O)C(=O)c1cc(I)c(F)nc1F. The highest BCUT2D eigenvalue weighted by Gasteiger charge is 2.27. The van der Waals surface area contributed by atoms with E-state index in [0.717, 1.165) is 12.3 Å². The molecule has 1 heterocycles. The standard InChI is InChI=1S/C15H17F2IN2O4/c1-15(2,3)10(6-21)19-5-8(14(23)24)11(22)7-4-9(18)13(17)20-12(7)16/h4-5,10,19,21H,6H2,1-3H3,(H,23,24). The molecule has 1 aromatic rings. The lowest BCUT2D eigenvalue weighted by atomic mass is 9.87. The van der Waals surface area contributed by atoms with Crippen LogP contribution in [0, 0.1) is 20.9 Å². The topological polar surface area (TPSA) is 99.5 Å². The minimum atomic E-state index is -1.59. The quantitative estimate of drug-likeness (QED) is 0.152. The molecule has 0 aliphatic carbocycles. The van der Waals surface area contributed by atoms with Crippen LogP contribution in [0.2, 0.25) is 0 Å². The van der Waals surface area contributed by atoms with Crippen LogP contribution >= 0.6 is 22.6 Å². The summed E-state index contributed by atoms with van der Waals surface area (Å²) in [4.78, 5) is 26.5. The van der Waals surface area contributed by atoms with Crippen molar-refractivity contribution < 1.29 is 28.6 Å². The first kappa shape index (κ1) is 20.4. The van der Waals surface area contributed by atoms with Gasteiger partial charge in [-0.05, 0) is 34.1 Å². The van der Waals surface area contributed by atoms with E-state index in [9.17, 15) is 28.6 Å². The highest BCUT2D eigenvalue weighted by atomic mass is 127. The van der Waals surface area contributed by atoms with Crippen molar-refractivity contribution in [3.05, 3.63) is 38.9 Å². The Morgan fingerprint density at radius 3 is 2.42 bits per heavy atom. The summed E-state index contributed by atoms with van der Waals surface area (Å²) in [6.07, 6.45) is 0.909. The molecule has 1 unspecified atom stereocenters. The minimum Gasteiger partial charge on any atom is -0.477 e. The average Bonchev–Trinajstić information content (AvgIpc) is 2.45. The molecule has 1 aromatic heterocycles. The number of hydrogen-bond acceptors (Lipinski definition) is 5. The Morgan fingerprint density at radius 1 is 1.38 bits per heavy atom. The zero-order chi connectivity index (χ0) is 18.7. The van der Waals surface area contributed by atoms with Gasteiger partial charge in [0.15, 0.2) is 0 Å². The molecule has 0 bridgehead atoms. The summed E-state index contributed by atoms with van der Waals surface area (Å²) >= 11 is 1.52. The van der Waals surface area contributed by atoms with Crippen LogP contribution in [-0.2, 0) is 4.79 Å². The van der Waals surface area contributed by atoms with E-state index >= 15 is 0 Å². The van der Waals surface area contributed by atoms with Gasteiger partial charge in [0.1, 0.15) is 5.57 Å². The molecule has 0 saturated carbocycles. The van der Waals surface area contributed by atoms with Gasteiger partial charge in [0.05, 0.1) is 21.8 Å². The van der Waals surface area contributed by atoms with Crippen LogP contribution in [0.4, 0.5) is 8.78 Å². The summed E-state index contributed by atoms with van der Waals surface area (Å²) in [5.41, 5.74) is -1.82. The number of Topliss-reactive ketones (excluding diaryl/α,β-unsaturated/α-hetero) is 1. The number of rotatable bonds is 6. The van der Waals surface area contributed by atoms with Gasteiger partial charge in [-0.1, -0.05) is 20.8 Å². The van der Waals surface area contributed by atoms with Gasteiger partial charge in [0.25, 0.3) is 0 Å². The predicted octanol–water partition coefficient (Wildman–Crippen LogP) is 2.11. The van der Waals surface area contributed by atoms with Crippen molar-refractivity contribution in [2.75, 3.05) is 6.61 Å². The van der Waals surface area contributed by atoms with Gasteiger partial charge in [-0.3, -0.25) is 4.79 Å². The molecule has 3 N–H and O–H groups in total. The van der Waals surface area contributed by atoms with Gasteiger partial charge in [-0.15, -0.1) is 0 Å². The third-order valence-corrected chi connectivity index (χ3v) is 4.02. The highest BCUT2D eigenvalue weighted by Crippen LogP contribution is 2.20. The molecule has 1 rings (SSSR count). The average molecular weight is 454 g/mol. The molecular formula is C15H17F2IN2O4. The summed E-state index contributed by atoms with van der Waals surface area (Å²) in [6, 6.07) is 0.362. The first-order valence-corrected chi connectivity index (χ1v) is 7.93. The van der Waals surface area contributed by atoms with E-state index in [0.29, 0.717) is 0 Å². The molecule has 132 valence electrons. The maximum absolute atomic E-state index is 13.7. The molecule has 0 aliphatic rings. The van der Waals surface area contributed by atoms with E-state index in [-0.39, 0.29) is 10.2 Å². The third kappa shape index (κ3) is 4.94. The number of aromatic nitrogens is 1. The van der Waals surface area contributed by atoms with Gasteiger partial charge in [-0.2, -0.15) is 13.8 Å². The van der Waals surface area contributed by atoms with Crippen LogP contribution in [0.1, 0.15) is 31.1 Å². The smallest absolute Gasteiger partial charge is 0.341 e. The summed E-state index contributed by atoms with van der Waals surface area (Å²) in [6.45, 7) is 5.13. The number of carbonyl (C=O) groups excluding carboxylic acids is 1. The fourth-order valence-corrected chi connectivity index (χ4v) is 2.17. The molecule has 0 saturated heterocycles. The number of hydrogen-bond donors (Lipinski definition) is 3. The summed E-state index contributed by atoms with van der Waals surface area (Å²) in [7, 11) is 0. The van der Waals surface area contributed by atoms with Crippen LogP contribution < -0.4 is 5.32 Å². The van der Waals surface area contributed by atoms with E-state index in [1.54, 1.807) is 0 Å². The van der Waals surface area contributed by atoms with Crippen LogP contribution in [-0.4, -0.2) is 39.6 Å². The second kappa shape index (κ2) is 7.97. The van der Waals surface area contributed by atoms with Crippen molar-refractivity contribution in [3.8, 4) is 0 Å². The predicted molar refractivity (Wildman–Crippen MR) is 90.4 cm³/mol. The number of pyridine rings is 1. The number of aliphatic hydroxyl groups is 1. The summed E-state index contributed by atoms with van der Waals surface area (Å²) in [5, 5.41) is 21.2. The van der Waals surface area contributed by atoms with E-state index in [2.05, 4.69) is 10.3 Å². The number of carbonyl (C=O) groups is 2. The fourth-order valence-electron chi connectivity index (χ4n) is 1.73. The van der Waals surface area contributed by atoms with Crippen molar-refractivity contribution in [1.82, 2.24) is 10.3 Å². The first-order chi connectivity index (χ1) is 11.0.